The fourth-order valence-electron chi connectivity index (χ4n) is 2.20. The Balaban J connectivity index is 0.000000605. The number of rotatable bonds is 1. The molecule has 0 aromatic heterocycles. The van der Waals surface area contributed by atoms with Crippen molar-refractivity contribution in [2.75, 3.05) is 7.11 Å². The van der Waals surface area contributed by atoms with E-state index >= 15 is 0 Å². The van der Waals surface area contributed by atoms with Gasteiger partial charge in [0.15, 0.2) is 0 Å². The van der Waals surface area contributed by atoms with Crippen LogP contribution in [0.25, 0.3) is 0 Å². The lowest BCUT2D eigenvalue weighted by Gasteiger charge is -2.27. The molecule has 2 nitrogen and oxygen atoms in total. The molecule has 1 unspecified atom stereocenters. The number of hydrogen-bond donors (Lipinski definition) is 1. The number of nitrogens with one attached hydrogen (secondary N) is 1. The molecule has 11 heavy (non-hydrogen) atoms. The van der Waals surface area contributed by atoms with Crippen LogP contribution in [0.2, 0.25) is 0 Å². The zero-order valence-electron chi connectivity index (χ0n) is 6.88. The van der Waals surface area contributed by atoms with Crippen LogP contribution in [0.4, 0.5) is 0 Å². The topological polar surface area (TPSA) is 21.3 Å². The molecule has 3 atom stereocenters. The van der Waals surface area contributed by atoms with Gasteiger partial charge in [0, 0.05) is 19.2 Å². The highest BCUT2D eigenvalue weighted by atomic mass is 35.5. The molecule has 0 saturated carbocycles. The molecule has 2 saturated heterocycles. The maximum absolute atomic E-state index is 5.33. The summed E-state index contributed by atoms with van der Waals surface area (Å²) in [6, 6.07) is 1.53. The number of hydrogen-bond acceptors (Lipinski definition) is 2. The normalized spacial score (nSPS) is 41.7. The molecule has 0 amide bonds. The van der Waals surface area contributed by atoms with E-state index < -0.39 is 0 Å². The van der Waals surface area contributed by atoms with Crippen molar-refractivity contribution in [3.05, 3.63) is 0 Å². The summed E-state index contributed by atoms with van der Waals surface area (Å²) < 4.78 is 5.33. The first kappa shape index (κ1) is 9.30. The third-order valence-electron chi connectivity index (χ3n) is 2.76. The van der Waals surface area contributed by atoms with Crippen molar-refractivity contribution in [2.45, 2.75) is 43.9 Å². The molecule has 0 radical (unpaired) electrons. The second-order valence-corrected chi connectivity index (χ2v) is 3.47. The van der Waals surface area contributed by atoms with Crippen LogP contribution < -0.4 is 5.32 Å². The van der Waals surface area contributed by atoms with Gasteiger partial charge in [-0.15, -0.1) is 12.4 Å². The van der Waals surface area contributed by atoms with Gasteiger partial charge in [0.1, 0.15) is 0 Å². The van der Waals surface area contributed by atoms with Gasteiger partial charge in [0.05, 0.1) is 6.10 Å². The Morgan fingerprint density at radius 2 is 1.73 bits per heavy atom. The van der Waals surface area contributed by atoms with Crippen LogP contribution in [-0.2, 0) is 4.74 Å². The van der Waals surface area contributed by atoms with Gasteiger partial charge in [0.25, 0.3) is 0 Å². The molecule has 66 valence electrons. The van der Waals surface area contributed by atoms with Gasteiger partial charge in [-0.3, -0.25) is 0 Å². The van der Waals surface area contributed by atoms with Crippen LogP contribution in [-0.4, -0.2) is 25.3 Å². The number of fused-ring (bicyclic) bond motifs is 2. The highest BCUT2D eigenvalue weighted by molar-refractivity contribution is 5.85. The van der Waals surface area contributed by atoms with E-state index in [0.717, 1.165) is 12.1 Å². The van der Waals surface area contributed by atoms with Crippen molar-refractivity contribution in [1.29, 1.82) is 0 Å². The molecule has 0 aromatic rings. The quantitative estimate of drug-likeness (QED) is 0.653. The molecular weight excluding hydrogens is 162 g/mol. The van der Waals surface area contributed by atoms with Crippen molar-refractivity contribution in [3.8, 4) is 0 Å². The SMILES string of the molecule is COC1C[C@H]2CC[C@@H](C1)N2.Cl. The smallest absolute Gasteiger partial charge is 0.0601 e. The highest BCUT2D eigenvalue weighted by Crippen LogP contribution is 2.27. The molecule has 1 N–H and O–H groups in total. The van der Waals surface area contributed by atoms with Crippen molar-refractivity contribution in [1.82, 2.24) is 5.32 Å². The molecule has 2 heterocycles. The molecule has 2 rings (SSSR count). The zero-order chi connectivity index (χ0) is 6.97. The number of ether oxygens (including phenoxy) is 1. The first-order chi connectivity index (χ1) is 4.88. The summed E-state index contributed by atoms with van der Waals surface area (Å²) in [5.74, 6) is 0. The lowest BCUT2D eigenvalue weighted by molar-refractivity contribution is 0.0601. The minimum absolute atomic E-state index is 0. The maximum atomic E-state index is 5.33. The first-order valence-corrected chi connectivity index (χ1v) is 4.17. The predicted octanol–water partition coefficient (Wildman–Crippen LogP) is 1.34. The molecule has 0 spiro atoms. The Kier molecular flexibility index (Phi) is 3.16. The summed E-state index contributed by atoms with van der Waals surface area (Å²) in [6.45, 7) is 0. The van der Waals surface area contributed by atoms with Crippen LogP contribution >= 0.6 is 12.4 Å². The van der Waals surface area contributed by atoms with Crippen molar-refractivity contribution in [3.63, 3.8) is 0 Å². The number of piperidine rings is 1. The minimum atomic E-state index is 0. The van der Waals surface area contributed by atoms with Crippen molar-refractivity contribution >= 4 is 12.4 Å². The number of methoxy groups -OCH3 is 1. The standard InChI is InChI=1S/C8H15NO.ClH/c1-10-8-4-6-2-3-7(5-8)9-6;/h6-9H,2-5H2,1H3;1H/t6-,7+,8?;. The first-order valence-electron chi connectivity index (χ1n) is 4.17. The molecule has 3 heteroatoms. The zero-order valence-corrected chi connectivity index (χ0v) is 7.69. The Hall–Kier alpha value is 0.210. The number of halogens is 1. The summed E-state index contributed by atoms with van der Waals surface area (Å²) in [4.78, 5) is 0. The molecule has 2 aliphatic heterocycles. The lowest BCUT2D eigenvalue weighted by atomic mass is 10.0. The van der Waals surface area contributed by atoms with E-state index in [9.17, 15) is 0 Å². The van der Waals surface area contributed by atoms with E-state index in [0.29, 0.717) is 6.10 Å². The Bertz CT molecular complexity index is 119. The summed E-state index contributed by atoms with van der Waals surface area (Å²) in [7, 11) is 1.83. The van der Waals surface area contributed by atoms with Gasteiger partial charge in [-0.05, 0) is 25.7 Å². The highest BCUT2D eigenvalue weighted by Gasteiger charge is 2.33. The lowest BCUT2D eigenvalue weighted by Crippen LogP contribution is -2.40. The van der Waals surface area contributed by atoms with Crippen LogP contribution in [0.5, 0.6) is 0 Å². The van der Waals surface area contributed by atoms with Crippen LogP contribution in [0.15, 0.2) is 0 Å². The van der Waals surface area contributed by atoms with Gasteiger partial charge < -0.3 is 10.1 Å². The summed E-state index contributed by atoms with van der Waals surface area (Å²) >= 11 is 0. The van der Waals surface area contributed by atoms with E-state index in [1.807, 2.05) is 7.11 Å². The average Bonchev–Trinajstić information content (AvgIpc) is 2.30. The molecule has 2 fully saturated rings. The molecule has 0 aromatic carbocycles. The Morgan fingerprint density at radius 1 is 1.18 bits per heavy atom. The van der Waals surface area contributed by atoms with Crippen LogP contribution in [0, 0.1) is 0 Å². The Labute approximate surface area is 74.1 Å². The van der Waals surface area contributed by atoms with Crippen molar-refractivity contribution < 1.29 is 4.74 Å². The van der Waals surface area contributed by atoms with E-state index in [-0.39, 0.29) is 12.4 Å². The van der Waals surface area contributed by atoms with Gasteiger partial charge >= 0.3 is 0 Å². The van der Waals surface area contributed by atoms with Crippen molar-refractivity contribution in [2.24, 2.45) is 0 Å². The summed E-state index contributed by atoms with van der Waals surface area (Å²) in [5.41, 5.74) is 0. The van der Waals surface area contributed by atoms with Crippen LogP contribution in [0.3, 0.4) is 0 Å². The fraction of sp³-hybridized carbons (Fsp3) is 1.00. The van der Waals surface area contributed by atoms with E-state index in [2.05, 4.69) is 5.32 Å². The molecule has 0 aliphatic carbocycles. The second-order valence-electron chi connectivity index (χ2n) is 3.47. The Morgan fingerprint density at radius 3 is 2.18 bits per heavy atom. The monoisotopic (exact) mass is 177 g/mol. The maximum Gasteiger partial charge on any atom is 0.0601 e. The van der Waals surface area contributed by atoms with E-state index in [4.69, 9.17) is 4.74 Å². The largest absolute Gasteiger partial charge is 0.381 e. The molecular formula is C8H16ClNO. The molecule has 2 aliphatic rings. The second kappa shape index (κ2) is 3.74. The third kappa shape index (κ3) is 1.86. The van der Waals surface area contributed by atoms with E-state index in [1.165, 1.54) is 25.7 Å². The van der Waals surface area contributed by atoms with Gasteiger partial charge in [-0.2, -0.15) is 0 Å². The van der Waals surface area contributed by atoms with Gasteiger partial charge in [-0.25, -0.2) is 0 Å². The van der Waals surface area contributed by atoms with Gasteiger partial charge in [-0.1, -0.05) is 0 Å². The predicted molar refractivity (Wildman–Crippen MR) is 47.2 cm³/mol. The molecule has 2 bridgehead atoms. The van der Waals surface area contributed by atoms with E-state index in [1.54, 1.807) is 0 Å². The average molecular weight is 178 g/mol. The summed E-state index contributed by atoms with van der Waals surface area (Å²) in [6.07, 6.45) is 5.73. The fourth-order valence-corrected chi connectivity index (χ4v) is 2.20. The third-order valence-corrected chi connectivity index (χ3v) is 2.76. The summed E-state index contributed by atoms with van der Waals surface area (Å²) in [5, 5.41) is 3.57. The van der Waals surface area contributed by atoms with Crippen LogP contribution in [0.1, 0.15) is 25.7 Å². The minimum Gasteiger partial charge on any atom is -0.381 e. The van der Waals surface area contributed by atoms with Gasteiger partial charge in [0.2, 0.25) is 0 Å².